The summed E-state index contributed by atoms with van der Waals surface area (Å²) in [5.74, 6) is -0.266. The number of halogens is 2. The van der Waals surface area contributed by atoms with Crippen LogP contribution in [0.5, 0.6) is 0 Å². The molecule has 2 heterocycles. The number of ketones is 1. The predicted octanol–water partition coefficient (Wildman–Crippen LogP) is 4.72. The molecule has 1 fully saturated rings. The zero-order valence-electron chi connectivity index (χ0n) is 21.4. The topological polar surface area (TPSA) is 58.1 Å². The molecule has 2 aromatic carbocycles. The first kappa shape index (κ1) is 31.2. The van der Waals surface area contributed by atoms with E-state index in [0.717, 1.165) is 44.5 Å². The monoisotopic (exact) mass is 730 g/mol. The standard InChI is InChI=1S/C23H21F2N2O.C6H13N2.U/c1-16(6-4-7-17-8-5-9-19(24)12-17)22(28)13-23-26-14-18(15-27-23)20-10-2-3-11-21(20)25;1-2-8-5-3-7-4-6-8;/h2,5,8-12,14-16H,4,6-7,13H2,1H3;7H,1-6H2;/q2*-1;+2. The number of piperazine rings is 1. The Kier molecular flexibility index (Phi) is 14.2. The van der Waals surface area contributed by atoms with Crippen LogP contribution in [0.2, 0.25) is 0 Å². The van der Waals surface area contributed by atoms with Crippen LogP contribution in [0.3, 0.4) is 0 Å². The molecule has 5 nitrogen and oxygen atoms in total. The minimum Gasteiger partial charge on any atom is -0.330 e. The summed E-state index contributed by atoms with van der Waals surface area (Å²) < 4.78 is 27.0. The van der Waals surface area contributed by atoms with Gasteiger partial charge in [-0.2, -0.15) is 18.2 Å². The zero-order valence-corrected chi connectivity index (χ0v) is 25.5. The number of nitrogens with one attached hydrogen (secondary N) is 1. The van der Waals surface area contributed by atoms with E-state index in [1.165, 1.54) is 43.7 Å². The SMILES string of the molecule is CC(CCCc1cccc(F)c1)C(=O)Cc1ncc(-c2cc[c-]cc2F)cn1.[CH2-]CN1CCNCC1.[U+2]. The summed E-state index contributed by atoms with van der Waals surface area (Å²) in [7, 11) is 0. The molecule has 3 aromatic rings. The van der Waals surface area contributed by atoms with Gasteiger partial charge in [0.25, 0.3) is 0 Å². The van der Waals surface area contributed by atoms with Gasteiger partial charge in [0, 0.05) is 50.3 Å². The van der Waals surface area contributed by atoms with E-state index in [0.29, 0.717) is 17.0 Å². The molecule has 8 heteroatoms. The van der Waals surface area contributed by atoms with Gasteiger partial charge in [0.05, 0.1) is 6.42 Å². The van der Waals surface area contributed by atoms with Crippen molar-refractivity contribution in [3.8, 4) is 11.1 Å². The van der Waals surface area contributed by atoms with Crippen molar-refractivity contribution in [1.82, 2.24) is 20.2 Å². The van der Waals surface area contributed by atoms with E-state index in [-0.39, 0.29) is 60.9 Å². The van der Waals surface area contributed by atoms with Gasteiger partial charge in [0.2, 0.25) is 0 Å². The molecule has 194 valence electrons. The van der Waals surface area contributed by atoms with Gasteiger partial charge in [0.15, 0.2) is 0 Å². The molecule has 0 amide bonds. The molecule has 0 radical (unpaired) electrons. The van der Waals surface area contributed by atoms with Crippen LogP contribution in [0.25, 0.3) is 11.1 Å². The van der Waals surface area contributed by atoms with E-state index in [2.05, 4.69) is 33.2 Å². The van der Waals surface area contributed by atoms with Crippen molar-refractivity contribution in [2.24, 2.45) is 5.92 Å². The molecule has 37 heavy (non-hydrogen) atoms. The summed E-state index contributed by atoms with van der Waals surface area (Å²) in [4.78, 5) is 23.2. The van der Waals surface area contributed by atoms with Gasteiger partial charge in [-0.3, -0.25) is 9.18 Å². The summed E-state index contributed by atoms with van der Waals surface area (Å²) in [6, 6.07) is 13.7. The Balaban J connectivity index is 0.000000457. The number of carbonyl (C=O) groups is 1. The third-order valence-electron chi connectivity index (χ3n) is 6.23. The molecule has 1 unspecified atom stereocenters. The van der Waals surface area contributed by atoms with E-state index in [9.17, 15) is 13.6 Å². The van der Waals surface area contributed by atoms with Crippen LogP contribution >= 0.6 is 0 Å². The molecule has 0 saturated carbocycles. The number of nitrogens with zero attached hydrogens (tertiary/aromatic N) is 3. The van der Waals surface area contributed by atoms with E-state index < -0.39 is 0 Å². The van der Waals surface area contributed by atoms with Crippen molar-refractivity contribution in [2.45, 2.75) is 32.6 Å². The van der Waals surface area contributed by atoms with Crippen LogP contribution in [0.4, 0.5) is 8.78 Å². The second kappa shape index (κ2) is 16.8. The summed E-state index contributed by atoms with van der Waals surface area (Å²) in [6.45, 7) is 11.3. The fourth-order valence-corrected chi connectivity index (χ4v) is 3.96. The van der Waals surface area contributed by atoms with Crippen molar-refractivity contribution in [2.75, 3.05) is 32.7 Å². The van der Waals surface area contributed by atoms with Gasteiger partial charge in [0.1, 0.15) is 17.4 Å². The average Bonchev–Trinajstić information content (AvgIpc) is 2.90. The molecule has 0 aliphatic carbocycles. The van der Waals surface area contributed by atoms with Crippen LogP contribution in [-0.4, -0.2) is 53.4 Å². The van der Waals surface area contributed by atoms with E-state index in [1.54, 1.807) is 18.2 Å². The van der Waals surface area contributed by atoms with Crippen LogP contribution in [0, 0.1) is 61.7 Å². The third-order valence-corrected chi connectivity index (χ3v) is 6.23. The molecular weight excluding hydrogens is 696 g/mol. The van der Waals surface area contributed by atoms with Gasteiger partial charge in [-0.1, -0.05) is 24.6 Å². The summed E-state index contributed by atoms with van der Waals surface area (Å²) in [5, 5.41) is 3.28. The Labute approximate surface area is 242 Å². The number of rotatable bonds is 9. The van der Waals surface area contributed by atoms with Crippen molar-refractivity contribution in [3.63, 3.8) is 0 Å². The number of hydrogen-bond acceptors (Lipinski definition) is 5. The Morgan fingerprint density at radius 1 is 1.19 bits per heavy atom. The number of carbonyl (C=O) groups excluding carboxylic acids is 1. The van der Waals surface area contributed by atoms with Crippen LogP contribution in [0.1, 0.15) is 31.2 Å². The summed E-state index contributed by atoms with van der Waals surface area (Å²) in [5.41, 5.74) is 1.90. The molecule has 1 aromatic heterocycles. The molecule has 4 rings (SSSR count). The van der Waals surface area contributed by atoms with Gasteiger partial charge < -0.3 is 17.1 Å². The van der Waals surface area contributed by atoms with E-state index in [4.69, 9.17) is 0 Å². The molecule has 1 aliphatic rings. The second-order valence-corrected chi connectivity index (χ2v) is 8.95. The fourth-order valence-electron chi connectivity index (χ4n) is 3.96. The number of aromatic nitrogens is 2. The molecule has 1 aliphatic heterocycles. The minimum atomic E-state index is -0.387. The van der Waals surface area contributed by atoms with Gasteiger partial charge >= 0.3 is 31.1 Å². The maximum absolute atomic E-state index is 13.8. The summed E-state index contributed by atoms with van der Waals surface area (Å²) in [6.07, 6.45) is 5.47. The van der Waals surface area contributed by atoms with E-state index >= 15 is 0 Å². The Morgan fingerprint density at radius 2 is 1.92 bits per heavy atom. The molecule has 1 N–H and O–H groups in total. The van der Waals surface area contributed by atoms with Crippen LogP contribution < -0.4 is 5.32 Å². The Morgan fingerprint density at radius 3 is 2.54 bits per heavy atom. The Hall–Kier alpha value is -1.98. The molecule has 1 atom stereocenters. The predicted molar refractivity (Wildman–Crippen MR) is 138 cm³/mol. The number of hydrogen-bond donors (Lipinski definition) is 1. The molecule has 0 bridgehead atoms. The van der Waals surface area contributed by atoms with Crippen molar-refractivity contribution in [1.29, 1.82) is 0 Å². The maximum atomic E-state index is 13.8. The van der Waals surface area contributed by atoms with Gasteiger partial charge in [-0.05, 0) is 42.5 Å². The maximum Gasteiger partial charge on any atom is 2.00 e. The van der Waals surface area contributed by atoms with E-state index in [1.807, 2.05) is 13.0 Å². The first-order valence-electron chi connectivity index (χ1n) is 12.4. The first-order valence-corrected chi connectivity index (χ1v) is 12.4. The zero-order chi connectivity index (χ0) is 25.8. The fraction of sp³-hybridized carbons (Fsp3) is 0.379. The Bertz CT molecular complexity index is 1090. The molecule has 0 spiro atoms. The molecular formula is C29H34F2N4OU. The number of aryl methyl sites for hydroxylation is 1. The smallest absolute Gasteiger partial charge is 0.330 e. The third kappa shape index (κ3) is 10.7. The number of Topliss-reactive ketones (excluding diaryl/α,β-unsaturated/α-hetero) is 1. The second-order valence-electron chi connectivity index (χ2n) is 8.95. The largest absolute Gasteiger partial charge is 2.00 e. The van der Waals surface area contributed by atoms with Crippen LogP contribution in [0.15, 0.2) is 54.9 Å². The normalized spacial score (nSPS) is 14.2. The molecule has 1 saturated heterocycles. The number of benzene rings is 2. The minimum absolute atomic E-state index is 0. The quantitative estimate of drug-likeness (QED) is 0.324. The van der Waals surface area contributed by atoms with Crippen LogP contribution in [-0.2, 0) is 17.6 Å². The van der Waals surface area contributed by atoms with Crippen molar-refractivity contribution >= 4 is 5.78 Å². The van der Waals surface area contributed by atoms with Gasteiger partial charge in [-0.25, -0.2) is 14.4 Å². The van der Waals surface area contributed by atoms with Crippen molar-refractivity contribution < 1.29 is 44.7 Å². The van der Waals surface area contributed by atoms with Gasteiger partial charge in [-0.15, -0.1) is 12.6 Å². The first-order chi connectivity index (χ1) is 17.5. The summed E-state index contributed by atoms with van der Waals surface area (Å²) >= 11 is 0. The van der Waals surface area contributed by atoms with Crippen molar-refractivity contribution in [3.05, 3.63) is 90.9 Å². The average molecular weight is 731 g/mol.